The van der Waals surface area contributed by atoms with Crippen molar-refractivity contribution in [2.24, 2.45) is 0 Å². The molecule has 0 amide bonds. The van der Waals surface area contributed by atoms with Crippen molar-refractivity contribution in [3.8, 4) is 11.5 Å². The predicted molar refractivity (Wildman–Crippen MR) is 121 cm³/mol. The molecule has 0 N–H and O–H groups in total. The van der Waals surface area contributed by atoms with Gasteiger partial charge in [0.1, 0.15) is 0 Å². The topological polar surface area (TPSA) is 31.4 Å². The summed E-state index contributed by atoms with van der Waals surface area (Å²) in [6, 6.07) is 16.7. The van der Waals surface area contributed by atoms with Crippen molar-refractivity contribution in [1.29, 1.82) is 0 Å². The van der Waals surface area contributed by atoms with Crippen LogP contribution in [0.15, 0.2) is 48.5 Å². The Bertz CT molecular complexity index is 944. The van der Waals surface area contributed by atoms with Crippen LogP contribution in [0.25, 0.3) is 0 Å². The Hall–Kier alpha value is -1.59. The van der Waals surface area contributed by atoms with Gasteiger partial charge >= 0.3 is 191 Å². The molecule has 3 aliphatic rings. The first-order valence-electron chi connectivity index (χ1n) is 9.27. The minimum absolute atomic E-state index is 0.871. The maximum absolute atomic E-state index is 5.37. The molecule has 1 fully saturated rings. The Morgan fingerprint density at radius 2 is 1.14 bits per heavy atom. The van der Waals surface area contributed by atoms with E-state index in [1.165, 1.54) is 25.4 Å². The minimum atomic E-state index is -1.58. The number of ether oxygens (including phenoxy) is 2. The second-order valence-electron chi connectivity index (χ2n) is 6.75. The van der Waals surface area contributed by atoms with Gasteiger partial charge in [-0.05, 0) is 0 Å². The molecule has 9 heteroatoms. The zero-order chi connectivity index (χ0) is 20.1. The van der Waals surface area contributed by atoms with E-state index < -0.39 is 13.9 Å². The van der Waals surface area contributed by atoms with E-state index in [2.05, 4.69) is 73.0 Å². The Balaban J connectivity index is 1.63. The fraction of sp³-hybridized carbons (Fsp3) is 0.250. The molecule has 0 bridgehead atoms. The summed E-state index contributed by atoms with van der Waals surface area (Å²) in [5, 5.41) is 0. The Labute approximate surface area is 190 Å². The third-order valence-electron chi connectivity index (χ3n) is 5.16. The molecule has 0 saturated carbocycles. The number of benzene rings is 2. The standard InChI is InChI=1S/C20H20N4O2Se3/c1-25-16-8-4-14(5-9-16)23-18(27)21-12-3-13-22-19(28)24(29(23)20(21)22)15-6-10-17(26-2)11-7-15/h4-11H,3,12-13H2,1-2H3. The predicted octanol–water partition coefficient (Wildman–Crippen LogP) is 0.721. The zero-order valence-corrected chi connectivity index (χ0v) is 21.2. The van der Waals surface area contributed by atoms with Gasteiger partial charge < -0.3 is 0 Å². The summed E-state index contributed by atoms with van der Waals surface area (Å²) in [7, 11) is 3.41. The molecule has 150 valence electrons. The molecule has 2 aromatic rings. The molecule has 0 spiro atoms. The van der Waals surface area contributed by atoms with Crippen LogP contribution in [0, 0.1) is 0 Å². The summed E-state index contributed by atoms with van der Waals surface area (Å²) in [4.78, 5) is 4.92. The molecule has 1 saturated heterocycles. The summed E-state index contributed by atoms with van der Waals surface area (Å²) in [6.07, 6.45) is 1.13. The first-order chi connectivity index (χ1) is 14.1. The molecule has 0 aliphatic carbocycles. The molecule has 29 heavy (non-hydrogen) atoms. The Morgan fingerprint density at radius 1 is 0.724 bits per heavy atom. The molecule has 0 radical (unpaired) electrons. The first kappa shape index (κ1) is 19.4. The van der Waals surface area contributed by atoms with Gasteiger partial charge in [-0.1, -0.05) is 0 Å². The van der Waals surface area contributed by atoms with E-state index >= 15 is 0 Å². The van der Waals surface area contributed by atoms with E-state index in [9.17, 15) is 0 Å². The Kier molecular flexibility index (Phi) is 5.07. The third kappa shape index (κ3) is 3.00. The summed E-state index contributed by atoms with van der Waals surface area (Å²) < 4.78 is 19.5. The van der Waals surface area contributed by atoms with E-state index in [4.69, 9.17) is 9.47 Å². The van der Waals surface area contributed by atoms with Gasteiger partial charge in [-0.2, -0.15) is 0 Å². The molecule has 3 heterocycles. The molecule has 0 atom stereocenters. The quantitative estimate of drug-likeness (QED) is 0.493. The molecular weight excluding hydrogens is 565 g/mol. The normalized spacial score (nSPS) is 18.6. The average molecular weight is 585 g/mol. The van der Waals surface area contributed by atoms with Crippen LogP contribution >= 0.6 is 0 Å². The second-order valence-corrected chi connectivity index (χ2v) is 11.7. The summed E-state index contributed by atoms with van der Waals surface area (Å²) in [5.74, 6) is 1.74. The first-order valence-corrected chi connectivity index (χ1v) is 13.4. The summed E-state index contributed by atoms with van der Waals surface area (Å²) >= 11 is 5.14. The third-order valence-corrected chi connectivity index (χ3v) is 12.7. The molecule has 6 nitrogen and oxygen atoms in total. The van der Waals surface area contributed by atoms with Gasteiger partial charge in [-0.3, -0.25) is 0 Å². The van der Waals surface area contributed by atoms with Crippen LogP contribution in [0.3, 0.4) is 0 Å². The van der Waals surface area contributed by atoms with E-state index in [-0.39, 0.29) is 0 Å². The molecule has 3 aliphatic heterocycles. The van der Waals surface area contributed by atoms with Gasteiger partial charge in [-0.25, -0.2) is 0 Å². The van der Waals surface area contributed by atoms with Crippen molar-refractivity contribution in [3.63, 3.8) is 0 Å². The molecule has 5 rings (SSSR count). The number of rotatable bonds is 4. The van der Waals surface area contributed by atoms with Crippen LogP contribution in [0.2, 0.25) is 0 Å². The van der Waals surface area contributed by atoms with Crippen LogP contribution in [0.4, 0.5) is 11.4 Å². The average Bonchev–Trinajstić information content (AvgIpc) is 3.23. The molecule has 0 aromatic heterocycles. The number of hydrogen-bond acceptors (Lipinski definition) is 6. The van der Waals surface area contributed by atoms with Gasteiger partial charge in [-0.15, -0.1) is 0 Å². The van der Waals surface area contributed by atoms with Gasteiger partial charge in [0.2, 0.25) is 0 Å². The van der Waals surface area contributed by atoms with Gasteiger partial charge in [0, 0.05) is 0 Å². The fourth-order valence-electron chi connectivity index (χ4n) is 3.74. The number of hydrogen-bond donors (Lipinski definition) is 0. The van der Waals surface area contributed by atoms with Crippen molar-refractivity contribution >= 4 is 70.4 Å². The van der Waals surface area contributed by atoms with Crippen LogP contribution in [0.5, 0.6) is 11.5 Å². The fourth-order valence-corrected chi connectivity index (χ4v) is 12.0. The van der Waals surface area contributed by atoms with Crippen LogP contribution in [-0.4, -0.2) is 96.2 Å². The maximum atomic E-state index is 5.37. The van der Waals surface area contributed by atoms with Crippen LogP contribution in [-0.2, 0) is 0 Å². The summed E-state index contributed by atoms with van der Waals surface area (Å²) in [6.45, 7) is 2.09. The Morgan fingerprint density at radius 3 is 1.52 bits per heavy atom. The van der Waals surface area contributed by atoms with Crippen molar-refractivity contribution < 1.29 is 9.47 Å². The van der Waals surface area contributed by atoms with E-state index in [1.807, 2.05) is 24.3 Å². The van der Waals surface area contributed by atoms with Gasteiger partial charge in [0.15, 0.2) is 0 Å². The molecule has 0 unspecified atom stereocenters. The van der Waals surface area contributed by atoms with Gasteiger partial charge in [0.05, 0.1) is 0 Å². The molecule has 2 aromatic carbocycles. The number of anilines is 2. The van der Waals surface area contributed by atoms with E-state index in [1.54, 1.807) is 14.2 Å². The van der Waals surface area contributed by atoms with Crippen molar-refractivity contribution in [2.45, 2.75) is 6.42 Å². The zero-order valence-electron chi connectivity index (χ0n) is 16.1. The second kappa shape index (κ2) is 7.59. The van der Waals surface area contributed by atoms with Crippen molar-refractivity contribution in [3.05, 3.63) is 48.5 Å². The molecular formula is C20H20N4O2Se3. The van der Waals surface area contributed by atoms with E-state index in [0.717, 1.165) is 31.0 Å². The number of methoxy groups -OCH3 is 2. The van der Waals surface area contributed by atoms with E-state index in [0.29, 0.717) is 0 Å². The van der Waals surface area contributed by atoms with Gasteiger partial charge in [0.25, 0.3) is 0 Å². The monoisotopic (exact) mass is 588 g/mol. The number of nitrogens with zero attached hydrogens (tertiary/aromatic N) is 4. The SMILES string of the molecule is COc1ccc(N2C(=[Se])N3CCCN4C(=[Se])N(c5ccc(OC)cc5)[Se]2=C34)cc1. The van der Waals surface area contributed by atoms with Crippen molar-refractivity contribution in [2.75, 3.05) is 35.1 Å². The van der Waals surface area contributed by atoms with Crippen molar-refractivity contribution in [1.82, 2.24) is 9.80 Å². The summed E-state index contributed by atoms with van der Waals surface area (Å²) in [5.41, 5.74) is 2.36. The van der Waals surface area contributed by atoms with Crippen LogP contribution in [0.1, 0.15) is 6.42 Å². The van der Waals surface area contributed by atoms with Crippen LogP contribution < -0.4 is 17.3 Å².